The van der Waals surface area contributed by atoms with E-state index in [2.05, 4.69) is 11.4 Å². The molecule has 1 amide bonds. The Morgan fingerprint density at radius 3 is 2.67 bits per heavy atom. The van der Waals surface area contributed by atoms with Crippen molar-refractivity contribution in [3.05, 3.63) is 41.7 Å². The highest BCUT2D eigenvalue weighted by Gasteiger charge is 2.35. The number of nitrogens with one attached hydrogen (secondary N) is 1. The van der Waals surface area contributed by atoms with Crippen molar-refractivity contribution in [1.82, 2.24) is 10.2 Å². The molecule has 1 saturated carbocycles. The Labute approximate surface area is 161 Å². The molecule has 1 heterocycles. The van der Waals surface area contributed by atoms with Gasteiger partial charge in [0.25, 0.3) is 0 Å². The van der Waals surface area contributed by atoms with Crippen LogP contribution in [0.5, 0.6) is 0 Å². The number of amides is 1. The molecule has 2 fully saturated rings. The highest BCUT2D eigenvalue weighted by atomic mass is 19.1. The number of rotatable bonds is 5. The van der Waals surface area contributed by atoms with Crippen LogP contribution in [0.1, 0.15) is 45.6 Å². The van der Waals surface area contributed by atoms with E-state index in [0.717, 1.165) is 38.9 Å². The number of nitrogens with zero attached hydrogens (tertiary/aromatic N) is 1. The summed E-state index contributed by atoms with van der Waals surface area (Å²) in [6.45, 7) is 8.21. The van der Waals surface area contributed by atoms with E-state index < -0.39 is 5.60 Å². The molecule has 27 heavy (non-hydrogen) atoms. The summed E-state index contributed by atoms with van der Waals surface area (Å²) in [4.78, 5) is 13.9. The van der Waals surface area contributed by atoms with Gasteiger partial charge in [-0.15, -0.1) is 0 Å². The van der Waals surface area contributed by atoms with E-state index in [-0.39, 0.29) is 11.9 Å². The second-order valence-corrected chi connectivity index (χ2v) is 8.71. The first-order valence-corrected chi connectivity index (χ1v) is 9.96. The Kier molecular flexibility index (Phi) is 6.20. The summed E-state index contributed by atoms with van der Waals surface area (Å²) in [6, 6.07) is 7.36. The van der Waals surface area contributed by atoms with E-state index in [1.165, 1.54) is 6.07 Å². The molecule has 1 N–H and O–H groups in total. The van der Waals surface area contributed by atoms with Crippen molar-refractivity contribution >= 4 is 12.2 Å². The Morgan fingerprint density at radius 2 is 2.00 bits per heavy atom. The van der Waals surface area contributed by atoms with E-state index in [0.29, 0.717) is 23.4 Å². The fraction of sp³-hybridized carbons (Fsp3) is 0.591. The molecule has 2 atom stereocenters. The standard InChI is InChI=1S/C22H31FN2O2/c1-22(2,3)27-21(26)25-12-10-16(11-13-25)15-24-20-14-18(20)9-8-17-6-4-5-7-19(17)23/h4-9,16,18,20,24H,10-15H2,1-3H3/b9-8+. The largest absolute Gasteiger partial charge is 0.444 e. The van der Waals surface area contributed by atoms with Gasteiger partial charge in [0.1, 0.15) is 11.4 Å². The lowest BCUT2D eigenvalue weighted by atomic mass is 9.97. The van der Waals surface area contributed by atoms with Gasteiger partial charge in [-0.1, -0.05) is 30.4 Å². The molecule has 148 valence electrons. The van der Waals surface area contributed by atoms with Gasteiger partial charge in [-0.2, -0.15) is 0 Å². The molecule has 0 bridgehead atoms. The monoisotopic (exact) mass is 374 g/mol. The molecule has 1 aromatic rings. The minimum atomic E-state index is -0.438. The van der Waals surface area contributed by atoms with Crippen LogP contribution < -0.4 is 5.32 Å². The van der Waals surface area contributed by atoms with E-state index in [4.69, 9.17) is 4.74 Å². The van der Waals surface area contributed by atoms with E-state index >= 15 is 0 Å². The quantitative estimate of drug-likeness (QED) is 0.827. The Morgan fingerprint density at radius 1 is 1.30 bits per heavy atom. The van der Waals surface area contributed by atoms with Crippen molar-refractivity contribution in [1.29, 1.82) is 0 Å². The fourth-order valence-electron chi connectivity index (χ4n) is 3.46. The number of halogens is 1. The van der Waals surface area contributed by atoms with Gasteiger partial charge >= 0.3 is 6.09 Å². The second kappa shape index (κ2) is 8.42. The van der Waals surface area contributed by atoms with Gasteiger partial charge in [0.15, 0.2) is 0 Å². The van der Waals surface area contributed by atoms with Gasteiger partial charge < -0.3 is 15.0 Å². The zero-order chi connectivity index (χ0) is 19.4. The molecule has 3 rings (SSSR count). The van der Waals surface area contributed by atoms with E-state index in [9.17, 15) is 9.18 Å². The number of hydrogen-bond donors (Lipinski definition) is 1. The van der Waals surface area contributed by atoms with Crippen molar-refractivity contribution in [2.75, 3.05) is 19.6 Å². The highest BCUT2D eigenvalue weighted by molar-refractivity contribution is 5.68. The summed E-state index contributed by atoms with van der Waals surface area (Å²) in [7, 11) is 0. The number of carbonyl (C=O) groups is 1. The zero-order valence-corrected chi connectivity index (χ0v) is 16.6. The van der Waals surface area contributed by atoms with E-state index in [1.54, 1.807) is 12.1 Å². The number of piperidine rings is 1. The lowest BCUT2D eigenvalue weighted by Gasteiger charge is -2.33. The lowest BCUT2D eigenvalue weighted by molar-refractivity contribution is 0.0184. The van der Waals surface area contributed by atoms with Crippen LogP contribution in [0.4, 0.5) is 9.18 Å². The first kappa shape index (κ1) is 19.9. The minimum absolute atomic E-state index is 0.171. The molecule has 2 unspecified atom stereocenters. The van der Waals surface area contributed by atoms with Crippen LogP contribution in [0.3, 0.4) is 0 Å². The van der Waals surface area contributed by atoms with Crippen LogP contribution >= 0.6 is 0 Å². The summed E-state index contributed by atoms with van der Waals surface area (Å²) < 4.78 is 19.1. The number of carbonyl (C=O) groups excluding carboxylic acids is 1. The summed E-state index contributed by atoms with van der Waals surface area (Å²) in [6.07, 6.45) is 6.93. The van der Waals surface area contributed by atoms with Crippen LogP contribution in [-0.4, -0.2) is 42.3 Å². The number of ether oxygens (including phenoxy) is 1. The fourth-order valence-corrected chi connectivity index (χ4v) is 3.46. The molecule has 0 spiro atoms. The lowest BCUT2D eigenvalue weighted by Crippen LogP contribution is -2.43. The van der Waals surface area contributed by atoms with Gasteiger partial charge in [-0.3, -0.25) is 0 Å². The van der Waals surface area contributed by atoms with Gasteiger partial charge in [0, 0.05) is 24.7 Å². The molecule has 1 aromatic carbocycles. The Bertz CT molecular complexity index is 675. The molecular formula is C22H31FN2O2. The molecular weight excluding hydrogens is 343 g/mol. The average molecular weight is 375 g/mol. The average Bonchev–Trinajstić information content (AvgIpc) is 3.37. The van der Waals surface area contributed by atoms with Crippen molar-refractivity contribution in [3.8, 4) is 0 Å². The smallest absolute Gasteiger partial charge is 0.410 e. The second-order valence-electron chi connectivity index (χ2n) is 8.71. The van der Waals surface area contributed by atoms with Gasteiger partial charge in [-0.05, 0) is 64.5 Å². The molecule has 2 aliphatic rings. The van der Waals surface area contributed by atoms with Gasteiger partial charge in [-0.25, -0.2) is 9.18 Å². The summed E-state index contributed by atoms with van der Waals surface area (Å²) in [5.74, 6) is 0.919. The molecule has 5 heteroatoms. The summed E-state index contributed by atoms with van der Waals surface area (Å²) in [5.41, 5.74) is 0.213. The Hall–Kier alpha value is -1.88. The van der Waals surface area contributed by atoms with Gasteiger partial charge in [0.05, 0.1) is 0 Å². The molecule has 0 radical (unpaired) electrons. The third-order valence-corrected chi connectivity index (χ3v) is 5.20. The predicted octanol–water partition coefficient (Wildman–Crippen LogP) is 4.46. The van der Waals surface area contributed by atoms with Gasteiger partial charge in [0.2, 0.25) is 0 Å². The van der Waals surface area contributed by atoms with Crippen LogP contribution in [0, 0.1) is 17.7 Å². The first-order chi connectivity index (χ1) is 12.8. The molecule has 1 aliphatic carbocycles. The normalized spacial score (nSPS) is 23.6. The van der Waals surface area contributed by atoms with Crippen LogP contribution in [-0.2, 0) is 4.74 Å². The maximum atomic E-state index is 13.6. The van der Waals surface area contributed by atoms with E-state index in [1.807, 2.05) is 37.8 Å². The Balaban J connectivity index is 1.34. The highest BCUT2D eigenvalue weighted by Crippen LogP contribution is 2.33. The van der Waals surface area contributed by atoms with Crippen molar-refractivity contribution in [2.24, 2.45) is 11.8 Å². The topological polar surface area (TPSA) is 41.6 Å². The van der Waals surface area contributed by atoms with Crippen molar-refractivity contribution in [2.45, 2.75) is 51.7 Å². The van der Waals surface area contributed by atoms with Crippen molar-refractivity contribution in [3.63, 3.8) is 0 Å². The molecule has 0 aromatic heterocycles. The third-order valence-electron chi connectivity index (χ3n) is 5.20. The van der Waals surface area contributed by atoms with Crippen LogP contribution in [0.25, 0.3) is 6.08 Å². The number of benzene rings is 1. The number of likely N-dealkylation sites (tertiary alicyclic amines) is 1. The van der Waals surface area contributed by atoms with Crippen LogP contribution in [0.2, 0.25) is 0 Å². The predicted molar refractivity (Wildman–Crippen MR) is 106 cm³/mol. The van der Waals surface area contributed by atoms with Crippen molar-refractivity contribution < 1.29 is 13.9 Å². The molecule has 4 nitrogen and oxygen atoms in total. The van der Waals surface area contributed by atoms with Crippen LogP contribution in [0.15, 0.2) is 30.3 Å². The zero-order valence-electron chi connectivity index (χ0n) is 16.6. The molecule has 1 aliphatic heterocycles. The maximum absolute atomic E-state index is 13.6. The number of hydrogen-bond acceptors (Lipinski definition) is 3. The SMILES string of the molecule is CC(C)(C)OC(=O)N1CCC(CNC2CC2/C=C/c2ccccc2F)CC1. The molecule has 1 saturated heterocycles. The first-order valence-electron chi connectivity index (χ1n) is 9.96. The summed E-state index contributed by atoms with van der Waals surface area (Å²) >= 11 is 0. The third kappa shape index (κ3) is 6.06. The minimum Gasteiger partial charge on any atom is -0.444 e. The maximum Gasteiger partial charge on any atom is 0.410 e. The summed E-state index contributed by atoms with van der Waals surface area (Å²) in [5, 5.41) is 3.63.